The van der Waals surface area contributed by atoms with Crippen LogP contribution in [0.15, 0.2) is 65.2 Å². The molecule has 0 spiro atoms. The molecule has 1 heterocycles. The Morgan fingerprint density at radius 3 is 2.26 bits per heavy atom. The summed E-state index contributed by atoms with van der Waals surface area (Å²) in [7, 11) is 2.05. The smallest absolute Gasteiger partial charge is 0.146 e. The number of hydrogen-bond acceptors (Lipinski definition) is 5. The van der Waals surface area contributed by atoms with Crippen molar-refractivity contribution < 1.29 is 9.26 Å². The van der Waals surface area contributed by atoms with E-state index in [0.717, 1.165) is 40.4 Å². The molecular weight excluding hydrogens is 517 g/mol. The highest BCUT2D eigenvalue weighted by molar-refractivity contribution is 6.39. The van der Waals surface area contributed by atoms with Crippen LogP contribution < -0.4 is 9.64 Å². The summed E-state index contributed by atoms with van der Waals surface area (Å²) in [5.74, 6) is 1.61. The monoisotopic (exact) mass is 549 g/mol. The largest absolute Gasteiger partial charge is 0.489 e. The fraction of sp³-hybridized carbons (Fsp3) is 0.290. The van der Waals surface area contributed by atoms with E-state index >= 15 is 0 Å². The number of hydrogen-bond donors (Lipinski definition) is 0. The van der Waals surface area contributed by atoms with Gasteiger partial charge in [0.25, 0.3) is 0 Å². The van der Waals surface area contributed by atoms with Gasteiger partial charge in [-0.2, -0.15) is 5.26 Å². The topological polar surface area (TPSA) is 62.3 Å². The summed E-state index contributed by atoms with van der Waals surface area (Å²) >= 11 is 12.9. The fourth-order valence-corrected chi connectivity index (χ4v) is 4.76. The van der Waals surface area contributed by atoms with Gasteiger partial charge < -0.3 is 14.2 Å². The maximum Gasteiger partial charge on any atom is 0.146 e. The molecule has 5 nitrogen and oxygen atoms in total. The molecule has 0 atom stereocenters. The van der Waals surface area contributed by atoms with E-state index in [9.17, 15) is 0 Å². The Morgan fingerprint density at radius 2 is 1.68 bits per heavy atom. The Kier molecular flexibility index (Phi) is 10.2. The molecule has 198 valence electrons. The zero-order valence-corrected chi connectivity index (χ0v) is 24.2. The van der Waals surface area contributed by atoms with Crippen LogP contribution in [0.25, 0.3) is 11.3 Å². The zero-order valence-electron chi connectivity index (χ0n) is 22.7. The van der Waals surface area contributed by atoms with Crippen LogP contribution in [0.2, 0.25) is 10.0 Å². The molecule has 1 aromatic heterocycles. The molecule has 0 amide bonds. The highest BCUT2D eigenvalue weighted by Gasteiger charge is 2.24. The van der Waals surface area contributed by atoms with Gasteiger partial charge in [-0.25, -0.2) is 0 Å². The Bertz CT molecular complexity index is 1390. The number of rotatable bonds is 8. The average molecular weight is 551 g/mol. The SMILES string of the molecule is CC.Cc1cc(OCc2c(-c3c(Cl)cccc3Cl)noc2C(C)C)ccc1N(C)Cc1ccc(C#N)cc1. The van der Waals surface area contributed by atoms with Crippen molar-refractivity contribution >= 4 is 28.9 Å². The molecular formula is C31H33Cl2N3O2. The van der Waals surface area contributed by atoms with Crippen LogP contribution in [0.3, 0.4) is 0 Å². The molecule has 38 heavy (non-hydrogen) atoms. The minimum Gasteiger partial charge on any atom is -0.489 e. The van der Waals surface area contributed by atoms with E-state index in [0.29, 0.717) is 26.9 Å². The number of aromatic nitrogens is 1. The number of nitrogens with zero attached hydrogens (tertiary/aromatic N) is 3. The molecule has 0 fully saturated rings. The van der Waals surface area contributed by atoms with Crippen molar-refractivity contribution in [2.75, 3.05) is 11.9 Å². The van der Waals surface area contributed by atoms with Crippen molar-refractivity contribution in [1.29, 1.82) is 5.26 Å². The molecule has 4 aromatic rings. The number of halogens is 2. The molecule has 7 heteroatoms. The van der Waals surface area contributed by atoms with Crippen LogP contribution in [0, 0.1) is 18.3 Å². The lowest BCUT2D eigenvalue weighted by Crippen LogP contribution is -2.17. The maximum absolute atomic E-state index is 9.00. The van der Waals surface area contributed by atoms with Crippen molar-refractivity contribution in [2.24, 2.45) is 0 Å². The van der Waals surface area contributed by atoms with Gasteiger partial charge in [0, 0.05) is 30.8 Å². The minimum absolute atomic E-state index is 0.117. The van der Waals surface area contributed by atoms with Crippen molar-refractivity contribution in [3.8, 4) is 23.1 Å². The second-order valence-corrected chi connectivity index (χ2v) is 9.84. The third-order valence-corrected chi connectivity index (χ3v) is 6.64. The van der Waals surface area contributed by atoms with Gasteiger partial charge in [0.15, 0.2) is 0 Å². The van der Waals surface area contributed by atoms with Gasteiger partial charge >= 0.3 is 0 Å². The van der Waals surface area contributed by atoms with Gasteiger partial charge in [-0.15, -0.1) is 0 Å². The van der Waals surface area contributed by atoms with E-state index in [2.05, 4.69) is 29.1 Å². The minimum atomic E-state index is 0.117. The first kappa shape index (κ1) is 29.1. The van der Waals surface area contributed by atoms with Crippen LogP contribution in [-0.4, -0.2) is 12.2 Å². The number of ether oxygens (including phenoxy) is 1. The van der Waals surface area contributed by atoms with Gasteiger partial charge in [0.2, 0.25) is 0 Å². The van der Waals surface area contributed by atoms with E-state index in [-0.39, 0.29) is 12.5 Å². The van der Waals surface area contributed by atoms with Gasteiger partial charge in [-0.1, -0.05) is 74.3 Å². The van der Waals surface area contributed by atoms with E-state index in [4.69, 9.17) is 37.7 Å². The lowest BCUT2D eigenvalue weighted by molar-refractivity contribution is 0.298. The van der Waals surface area contributed by atoms with E-state index in [1.807, 2.05) is 71.1 Å². The fourth-order valence-electron chi connectivity index (χ4n) is 4.18. The summed E-state index contributed by atoms with van der Waals surface area (Å²) in [5.41, 5.74) is 6.06. The van der Waals surface area contributed by atoms with Gasteiger partial charge in [-0.05, 0) is 60.5 Å². The molecule has 0 aliphatic rings. The van der Waals surface area contributed by atoms with Gasteiger partial charge in [0.1, 0.15) is 23.8 Å². The highest BCUT2D eigenvalue weighted by atomic mass is 35.5. The summed E-state index contributed by atoms with van der Waals surface area (Å²) in [5, 5.41) is 14.3. The third kappa shape index (κ3) is 6.69. The first-order chi connectivity index (χ1) is 18.3. The lowest BCUT2D eigenvalue weighted by atomic mass is 10.0. The Labute approximate surface area is 235 Å². The summed E-state index contributed by atoms with van der Waals surface area (Å²) in [6.07, 6.45) is 0. The molecule has 0 N–H and O–H groups in total. The Morgan fingerprint density at radius 1 is 1.03 bits per heavy atom. The molecule has 0 saturated heterocycles. The second-order valence-electron chi connectivity index (χ2n) is 9.03. The van der Waals surface area contributed by atoms with Crippen molar-refractivity contribution in [3.63, 3.8) is 0 Å². The van der Waals surface area contributed by atoms with Gasteiger partial charge in [0.05, 0.1) is 27.2 Å². The Hall–Kier alpha value is -3.46. The number of nitriles is 1. The van der Waals surface area contributed by atoms with Crippen LogP contribution in [0.5, 0.6) is 5.75 Å². The summed E-state index contributed by atoms with van der Waals surface area (Å²) in [4.78, 5) is 2.18. The van der Waals surface area contributed by atoms with Crippen LogP contribution in [-0.2, 0) is 13.2 Å². The summed E-state index contributed by atoms with van der Waals surface area (Å²) in [6, 6.07) is 21.2. The molecule has 3 aromatic carbocycles. The van der Waals surface area contributed by atoms with Crippen LogP contribution in [0.4, 0.5) is 5.69 Å². The highest BCUT2D eigenvalue weighted by Crippen LogP contribution is 2.39. The average Bonchev–Trinajstić information content (AvgIpc) is 3.32. The lowest BCUT2D eigenvalue weighted by Gasteiger charge is -2.22. The molecule has 0 unspecified atom stereocenters. The van der Waals surface area contributed by atoms with Crippen LogP contribution >= 0.6 is 23.2 Å². The predicted molar refractivity (Wildman–Crippen MR) is 156 cm³/mol. The Balaban J connectivity index is 0.00000195. The molecule has 0 aliphatic heterocycles. The van der Waals surface area contributed by atoms with Crippen molar-refractivity contribution in [2.45, 2.75) is 53.7 Å². The molecule has 0 aliphatic carbocycles. The van der Waals surface area contributed by atoms with Gasteiger partial charge in [-0.3, -0.25) is 0 Å². The second kappa shape index (κ2) is 13.4. The predicted octanol–water partition coefficient (Wildman–Crippen LogP) is 9.19. The standard InChI is InChI=1S/C29H27Cl2N3O2.C2H6/c1-18(2)29-23(28(33-36-29)27-24(30)6-5-7-25(27)31)17-35-22-12-13-26(19(3)14-22)34(4)16-21-10-8-20(15-32)9-11-21;1-2/h5-14,18H,16-17H2,1-4H3;1-2H3. The number of aryl methyl sites for hydroxylation is 1. The molecule has 0 saturated carbocycles. The third-order valence-electron chi connectivity index (χ3n) is 6.01. The quantitative estimate of drug-likeness (QED) is 0.219. The molecule has 4 rings (SSSR count). The first-order valence-corrected chi connectivity index (χ1v) is 13.4. The van der Waals surface area contributed by atoms with Crippen molar-refractivity contribution in [1.82, 2.24) is 5.16 Å². The van der Waals surface area contributed by atoms with E-state index < -0.39 is 0 Å². The summed E-state index contributed by atoms with van der Waals surface area (Å²) < 4.78 is 11.9. The first-order valence-electron chi connectivity index (χ1n) is 12.6. The zero-order chi connectivity index (χ0) is 27.8. The van der Waals surface area contributed by atoms with Crippen molar-refractivity contribution in [3.05, 3.63) is 98.7 Å². The molecule has 0 radical (unpaired) electrons. The summed E-state index contributed by atoms with van der Waals surface area (Å²) in [6.45, 7) is 11.2. The molecule has 0 bridgehead atoms. The van der Waals surface area contributed by atoms with E-state index in [1.165, 1.54) is 0 Å². The normalized spacial score (nSPS) is 10.5. The number of anilines is 1. The maximum atomic E-state index is 9.00. The van der Waals surface area contributed by atoms with Crippen LogP contribution in [0.1, 0.15) is 61.6 Å². The number of benzene rings is 3. The van der Waals surface area contributed by atoms with E-state index in [1.54, 1.807) is 18.2 Å².